The fourth-order valence-electron chi connectivity index (χ4n) is 3.59. The first-order valence-corrected chi connectivity index (χ1v) is 12.5. The van der Waals surface area contributed by atoms with Crippen molar-refractivity contribution in [2.75, 3.05) is 27.3 Å². The van der Waals surface area contributed by atoms with Crippen molar-refractivity contribution in [2.24, 2.45) is 5.92 Å². The molecule has 0 saturated heterocycles. The summed E-state index contributed by atoms with van der Waals surface area (Å²) in [6, 6.07) is 0. The summed E-state index contributed by atoms with van der Waals surface area (Å²) >= 11 is 10.7. The lowest BCUT2D eigenvalue weighted by Crippen LogP contribution is -2.50. The SMILES string of the molecule is CCCCCCCC[N+](S)(CCCCCCCC)C(=S)C(CC(=O)OC)C(=O)OC. The highest BCUT2D eigenvalue weighted by Gasteiger charge is 2.41. The third kappa shape index (κ3) is 12.3. The molecule has 7 heteroatoms. The lowest BCUT2D eigenvalue weighted by atomic mass is 10.0. The number of hydrogen-bond donors (Lipinski definition) is 1. The molecule has 0 aliphatic carbocycles. The molecule has 0 aliphatic heterocycles. The first kappa shape index (κ1) is 29.3. The van der Waals surface area contributed by atoms with E-state index >= 15 is 0 Å². The van der Waals surface area contributed by atoms with Crippen LogP contribution in [0.1, 0.15) is 97.3 Å². The Balaban J connectivity index is 5.10. The summed E-state index contributed by atoms with van der Waals surface area (Å²) in [5.41, 5.74) is 0. The maximum atomic E-state index is 12.4. The van der Waals surface area contributed by atoms with E-state index in [0.29, 0.717) is 4.99 Å². The molecule has 0 saturated carbocycles. The molecule has 0 amide bonds. The van der Waals surface area contributed by atoms with E-state index in [1.54, 1.807) is 0 Å². The Kier molecular flexibility index (Phi) is 17.6. The molecule has 30 heavy (non-hydrogen) atoms. The average Bonchev–Trinajstić information content (AvgIpc) is 2.75. The van der Waals surface area contributed by atoms with Gasteiger partial charge in [-0.25, -0.2) is 3.89 Å². The van der Waals surface area contributed by atoms with Gasteiger partial charge >= 0.3 is 11.9 Å². The Hall–Kier alpha value is -0.660. The van der Waals surface area contributed by atoms with Gasteiger partial charge in [-0.1, -0.05) is 65.2 Å². The van der Waals surface area contributed by atoms with Gasteiger partial charge in [0.2, 0.25) is 4.99 Å². The Bertz CT molecular complexity index is 484. The van der Waals surface area contributed by atoms with Crippen LogP contribution >= 0.6 is 25.0 Å². The van der Waals surface area contributed by atoms with Gasteiger partial charge in [0.15, 0.2) is 5.92 Å². The highest BCUT2D eigenvalue weighted by molar-refractivity contribution is 7.82. The van der Waals surface area contributed by atoms with Crippen molar-refractivity contribution in [3.63, 3.8) is 0 Å². The quantitative estimate of drug-likeness (QED) is 0.0883. The maximum absolute atomic E-state index is 12.4. The molecular weight excluding hydrogens is 418 g/mol. The molecule has 0 aromatic heterocycles. The third-order valence-corrected chi connectivity index (χ3v) is 6.94. The smallest absolute Gasteiger partial charge is 0.320 e. The molecule has 0 aromatic rings. The van der Waals surface area contributed by atoms with Crippen LogP contribution in [0.25, 0.3) is 0 Å². The minimum atomic E-state index is -0.810. The standard InChI is InChI=1S/C23H44NO4S2/c1-5-7-9-11-13-15-17-24(30,18-16-14-12-10-8-6-2)22(29)20(23(26)28-4)19-21(25)27-3/h20,30H,5-19H2,1-4H3/q+1. The molecule has 0 heterocycles. The van der Waals surface area contributed by atoms with E-state index in [4.69, 9.17) is 34.5 Å². The monoisotopic (exact) mass is 462 g/mol. The van der Waals surface area contributed by atoms with Crippen molar-refractivity contribution < 1.29 is 23.0 Å². The number of carbonyl (C=O) groups excluding carboxylic acids is 2. The molecule has 5 nitrogen and oxygen atoms in total. The highest BCUT2D eigenvalue weighted by atomic mass is 32.1. The van der Waals surface area contributed by atoms with E-state index in [1.165, 1.54) is 65.6 Å². The number of thiol groups is 1. The summed E-state index contributed by atoms with van der Waals surface area (Å²) in [6.07, 6.45) is 14.0. The van der Waals surface area contributed by atoms with Gasteiger partial charge in [0.25, 0.3) is 0 Å². The number of esters is 2. The van der Waals surface area contributed by atoms with Crippen molar-refractivity contribution in [3.8, 4) is 0 Å². The summed E-state index contributed by atoms with van der Waals surface area (Å²) in [7, 11) is 2.64. The van der Waals surface area contributed by atoms with Crippen LogP contribution in [0.5, 0.6) is 0 Å². The average molecular weight is 463 g/mol. The first-order valence-electron chi connectivity index (χ1n) is 11.6. The van der Waals surface area contributed by atoms with Gasteiger partial charge < -0.3 is 9.47 Å². The molecule has 0 bridgehead atoms. The van der Waals surface area contributed by atoms with Gasteiger partial charge in [-0.15, -0.1) is 0 Å². The van der Waals surface area contributed by atoms with E-state index < -0.39 is 17.9 Å². The largest absolute Gasteiger partial charge is 0.469 e. The number of unbranched alkanes of at least 4 members (excludes halogenated alkanes) is 10. The van der Waals surface area contributed by atoms with Gasteiger partial charge in [-0.05, 0) is 37.9 Å². The zero-order valence-corrected chi connectivity index (χ0v) is 21.3. The summed E-state index contributed by atoms with van der Waals surface area (Å²) in [6.45, 7) is 5.95. The zero-order valence-electron chi connectivity index (χ0n) is 19.6. The lowest BCUT2D eigenvalue weighted by molar-refractivity contribution is -0.696. The molecule has 0 spiro atoms. The molecule has 0 aromatic carbocycles. The van der Waals surface area contributed by atoms with Crippen molar-refractivity contribution >= 4 is 42.0 Å². The van der Waals surface area contributed by atoms with Crippen LogP contribution in [0.2, 0.25) is 0 Å². The van der Waals surface area contributed by atoms with Crippen LogP contribution in [-0.2, 0) is 19.1 Å². The molecule has 0 aliphatic rings. The lowest BCUT2D eigenvalue weighted by Gasteiger charge is -2.34. The van der Waals surface area contributed by atoms with Crippen LogP contribution in [0.15, 0.2) is 0 Å². The van der Waals surface area contributed by atoms with E-state index in [2.05, 4.69) is 13.8 Å². The van der Waals surface area contributed by atoms with E-state index in [0.717, 1.165) is 38.8 Å². The Labute approximate surface area is 195 Å². The number of carbonyl (C=O) groups is 2. The second-order valence-corrected chi connectivity index (χ2v) is 9.28. The van der Waals surface area contributed by atoms with E-state index in [-0.39, 0.29) is 10.3 Å². The van der Waals surface area contributed by atoms with Gasteiger partial charge in [0.1, 0.15) is 0 Å². The van der Waals surface area contributed by atoms with Crippen molar-refractivity contribution in [1.29, 1.82) is 0 Å². The molecule has 0 radical (unpaired) electrons. The minimum Gasteiger partial charge on any atom is -0.469 e. The number of nitrogens with zero attached hydrogens (tertiary/aromatic N) is 1. The highest BCUT2D eigenvalue weighted by Crippen LogP contribution is 2.26. The number of methoxy groups -OCH3 is 2. The first-order chi connectivity index (χ1) is 14.4. The van der Waals surface area contributed by atoms with Crippen LogP contribution < -0.4 is 0 Å². The number of thiocarbonyl (C=S) groups is 1. The number of quaternary nitrogens is 1. The summed E-state index contributed by atoms with van der Waals surface area (Å²) in [4.78, 5) is 24.7. The third-order valence-electron chi connectivity index (χ3n) is 5.56. The molecule has 0 fully saturated rings. The van der Waals surface area contributed by atoms with Crippen LogP contribution in [-0.4, -0.2) is 48.1 Å². The van der Waals surface area contributed by atoms with Gasteiger partial charge in [-0.2, -0.15) is 0 Å². The predicted molar refractivity (Wildman–Crippen MR) is 130 cm³/mol. The Morgan fingerprint density at radius 1 is 0.800 bits per heavy atom. The number of hydrogen-bond acceptors (Lipinski definition) is 6. The second-order valence-electron chi connectivity index (χ2n) is 8.10. The van der Waals surface area contributed by atoms with Gasteiger partial charge in [0, 0.05) is 0 Å². The zero-order chi connectivity index (χ0) is 22.8. The molecule has 176 valence electrons. The van der Waals surface area contributed by atoms with Crippen molar-refractivity contribution in [1.82, 2.24) is 0 Å². The molecule has 0 N–H and O–H groups in total. The van der Waals surface area contributed by atoms with Crippen LogP contribution in [0.3, 0.4) is 0 Å². The number of rotatable bonds is 18. The van der Waals surface area contributed by atoms with Gasteiger partial charge in [0.05, 0.1) is 46.5 Å². The summed E-state index contributed by atoms with van der Waals surface area (Å²) in [5.74, 6) is -1.77. The molecular formula is C23H44NO4S2+. The molecule has 1 atom stereocenters. The normalized spacial score (nSPS) is 12.4. The van der Waals surface area contributed by atoms with Gasteiger partial charge in [-0.3, -0.25) is 9.59 Å². The second kappa shape index (κ2) is 18.0. The Morgan fingerprint density at radius 2 is 1.23 bits per heavy atom. The van der Waals surface area contributed by atoms with Crippen molar-refractivity contribution in [3.05, 3.63) is 0 Å². The summed E-state index contributed by atoms with van der Waals surface area (Å²) in [5, 5.41) is 0. The minimum absolute atomic E-state index is 0.102. The molecule has 1 unspecified atom stereocenters. The summed E-state index contributed by atoms with van der Waals surface area (Å²) < 4.78 is 9.95. The number of ether oxygens (including phenoxy) is 2. The van der Waals surface area contributed by atoms with E-state index in [1.807, 2.05) is 0 Å². The topological polar surface area (TPSA) is 52.6 Å². The van der Waals surface area contributed by atoms with Crippen LogP contribution in [0, 0.1) is 5.92 Å². The van der Waals surface area contributed by atoms with Crippen molar-refractivity contribution in [2.45, 2.75) is 97.3 Å². The fraction of sp³-hybridized carbons (Fsp3) is 0.870. The molecule has 0 rings (SSSR count). The van der Waals surface area contributed by atoms with Crippen LogP contribution in [0.4, 0.5) is 0 Å². The Morgan fingerprint density at radius 3 is 1.63 bits per heavy atom. The fourth-order valence-corrected chi connectivity index (χ4v) is 4.38. The van der Waals surface area contributed by atoms with E-state index in [9.17, 15) is 9.59 Å². The predicted octanol–water partition coefficient (Wildman–Crippen LogP) is 6.05. The maximum Gasteiger partial charge on any atom is 0.320 e.